The molecule has 0 heterocycles. The second kappa shape index (κ2) is 8.28. The van der Waals surface area contributed by atoms with Gasteiger partial charge in [0, 0.05) is 4.47 Å². The van der Waals surface area contributed by atoms with Gasteiger partial charge in [0.1, 0.15) is 0 Å². The van der Waals surface area contributed by atoms with E-state index in [4.69, 9.17) is 0 Å². The van der Waals surface area contributed by atoms with E-state index in [0.717, 1.165) is 6.92 Å². The van der Waals surface area contributed by atoms with Crippen LogP contribution in [0.5, 0.6) is 0 Å². The van der Waals surface area contributed by atoms with Gasteiger partial charge in [-0.1, -0.05) is 35.5 Å². The average molecular weight is 541 g/mol. The molecule has 0 saturated carbocycles. The normalized spacial score (nSPS) is 16.3. The molecule has 0 radical (unpaired) electrons. The van der Waals surface area contributed by atoms with Crippen LogP contribution in [0.3, 0.4) is 0 Å². The van der Waals surface area contributed by atoms with Crippen LogP contribution < -0.4 is 0 Å². The van der Waals surface area contributed by atoms with Gasteiger partial charge in [-0.25, -0.2) is 33.7 Å². The number of nitrogens with zero attached hydrogens (tertiary/aromatic N) is 2. The van der Waals surface area contributed by atoms with Crippen LogP contribution in [-0.2, 0) is 40.1 Å². The van der Waals surface area contributed by atoms with Crippen LogP contribution in [-0.4, -0.2) is 72.2 Å². The minimum Gasteiger partial charge on any atom is -0.212 e. The molecule has 2 atom stereocenters. The molecule has 0 fully saturated rings. The summed E-state index contributed by atoms with van der Waals surface area (Å²) in [5.74, 6) is 0. The van der Waals surface area contributed by atoms with Gasteiger partial charge < -0.3 is 0 Å². The highest BCUT2D eigenvalue weighted by Gasteiger charge is 2.45. The molecule has 0 aromatic heterocycles. The van der Waals surface area contributed by atoms with Gasteiger partial charge in [-0.2, -0.15) is 0 Å². The number of rotatable bonds is 8. The van der Waals surface area contributed by atoms with Gasteiger partial charge in [0.25, 0.3) is 0 Å². The summed E-state index contributed by atoms with van der Waals surface area (Å²) in [6.07, 6.45) is 2.54. The number of benzene rings is 1. The molecule has 0 aliphatic heterocycles. The zero-order valence-electron chi connectivity index (χ0n) is 15.6. The van der Waals surface area contributed by atoms with E-state index in [-0.39, 0.29) is 13.0 Å². The maximum absolute atomic E-state index is 12.3. The number of halogens is 1. The van der Waals surface area contributed by atoms with E-state index in [1.165, 1.54) is 18.2 Å². The van der Waals surface area contributed by atoms with Gasteiger partial charge in [-0.15, -0.1) is 0 Å². The predicted molar refractivity (Wildman–Crippen MR) is 109 cm³/mol. The first-order valence-electron chi connectivity index (χ1n) is 7.42. The fourth-order valence-corrected chi connectivity index (χ4v) is 10.1. The minimum atomic E-state index is -4.44. The average Bonchev–Trinajstić information content (AvgIpc) is 2.38. The van der Waals surface area contributed by atoms with Crippen LogP contribution in [0.25, 0.3) is 0 Å². The lowest BCUT2D eigenvalue weighted by Crippen LogP contribution is -2.51. The highest BCUT2D eigenvalue weighted by atomic mass is 79.9. The molecule has 0 N–H and O–H groups in total. The summed E-state index contributed by atoms with van der Waals surface area (Å²) < 4.78 is 98.6. The minimum absolute atomic E-state index is 0.0787. The van der Waals surface area contributed by atoms with Crippen molar-refractivity contribution in [3.63, 3.8) is 0 Å². The molecular formula is C13H21BrN2O8S4. The van der Waals surface area contributed by atoms with Crippen LogP contribution in [0, 0.1) is 0 Å². The Bertz CT molecular complexity index is 1100. The number of hydrogen-bond acceptors (Lipinski definition) is 8. The van der Waals surface area contributed by atoms with Crippen molar-refractivity contribution in [2.45, 2.75) is 19.0 Å². The van der Waals surface area contributed by atoms with E-state index in [2.05, 4.69) is 15.9 Å². The number of hydrogen-bond donors (Lipinski definition) is 0. The van der Waals surface area contributed by atoms with Crippen LogP contribution in [0.4, 0.5) is 0 Å². The first-order valence-corrected chi connectivity index (χ1v) is 15.6. The largest absolute Gasteiger partial charge is 0.224 e. The lowest BCUT2D eigenvalue weighted by Gasteiger charge is -2.36. The Labute approximate surface area is 174 Å². The van der Waals surface area contributed by atoms with E-state index >= 15 is 0 Å². The van der Waals surface area contributed by atoms with Crippen molar-refractivity contribution in [1.29, 1.82) is 0 Å². The van der Waals surface area contributed by atoms with Crippen LogP contribution in [0.2, 0.25) is 0 Å². The van der Waals surface area contributed by atoms with Crippen LogP contribution in [0.1, 0.15) is 18.5 Å². The number of sulfonamides is 4. The van der Waals surface area contributed by atoms with Gasteiger partial charge in [-0.05, 0) is 24.6 Å². The second-order valence-corrected chi connectivity index (χ2v) is 15.1. The first kappa shape index (κ1) is 25.5. The molecule has 0 amide bonds. The summed E-state index contributed by atoms with van der Waals surface area (Å²) in [7, 11) is -17.7. The molecule has 0 unspecified atom stereocenters. The molecule has 10 nitrogen and oxygen atoms in total. The smallest absolute Gasteiger partial charge is 0.212 e. The highest BCUT2D eigenvalue weighted by Crippen LogP contribution is 2.35. The molecule has 0 bridgehead atoms. The monoisotopic (exact) mass is 540 g/mol. The van der Waals surface area contributed by atoms with Crippen molar-refractivity contribution in [2.24, 2.45) is 0 Å². The Kier molecular flexibility index (Phi) is 7.52. The van der Waals surface area contributed by atoms with Crippen molar-refractivity contribution in [3.8, 4) is 0 Å². The molecule has 15 heteroatoms. The standard InChI is InChI=1S/C13H21BrN2O8S4/c1-10(15(25(2,17)18)26(3,19)20)13(11-7-6-8-12(14)9-11)16(27(4,21)22)28(5,23)24/h6-10,13H,1-5H3/t10-,13-/m1/s1. The van der Waals surface area contributed by atoms with Crippen molar-refractivity contribution < 1.29 is 33.7 Å². The molecule has 1 rings (SSSR count). The molecule has 0 aliphatic rings. The summed E-state index contributed by atoms with van der Waals surface area (Å²) >= 11 is 3.18. The van der Waals surface area contributed by atoms with E-state index in [0.29, 0.717) is 29.5 Å². The van der Waals surface area contributed by atoms with Crippen LogP contribution in [0.15, 0.2) is 28.7 Å². The summed E-state index contributed by atoms with van der Waals surface area (Å²) in [5.41, 5.74) is 0.0787. The van der Waals surface area contributed by atoms with Gasteiger partial charge >= 0.3 is 0 Å². The van der Waals surface area contributed by atoms with Crippen molar-refractivity contribution in [3.05, 3.63) is 34.3 Å². The fraction of sp³-hybridized carbons (Fsp3) is 0.538. The van der Waals surface area contributed by atoms with E-state index in [1.807, 2.05) is 0 Å². The highest BCUT2D eigenvalue weighted by molar-refractivity contribution is 9.10. The second-order valence-electron chi connectivity index (χ2n) is 6.24. The topological polar surface area (TPSA) is 143 Å². The lowest BCUT2D eigenvalue weighted by molar-refractivity contribution is 0.316. The summed E-state index contributed by atoms with van der Waals surface area (Å²) in [5, 5.41) is 0. The molecular weight excluding hydrogens is 520 g/mol. The van der Waals surface area contributed by atoms with Gasteiger partial charge in [0.2, 0.25) is 40.1 Å². The third-order valence-corrected chi connectivity index (χ3v) is 11.0. The van der Waals surface area contributed by atoms with Gasteiger partial charge in [0.15, 0.2) is 0 Å². The quantitative estimate of drug-likeness (QED) is 0.458. The third kappa shape index (κ3) is 6.21. The first-order chi connectivity index (χ1) is 12.3. The zero-order chi connectivity index (χ0) is 22.3. The lowest BCUT2D eigenvalue weighted by atomic mass is 10.0. The molecule has 1 aromatic rings. The Morgan fingerprint density at radius 3 is 1.46 bits per heavy atom. The maximum Gasteiger partial charge on any atom is 0.224 e. The molecule has 28 heavy (non-hydrogen) atoms. The van der Waals surface area contributed by atoms with Crippen molar-refractivity contribution in [1.82, 2.24) is 7.42 Å². The predicted octanol–water partition coefficient (Wildman–Crippen LogP) is 0.321. The Balaban J connectivity index is 3.97. The Morgan fingerprint density at radius 1 is 0.750 bits per heavy atom. The molecule has 162 valence electrons. The SMILES string of the molecule is C[C@H]([C@H](c1cccc(Br)c1)N(S(C)(=O)=O)S(C)(=O)=O)N(S(C)(=O)=O)S(C)(=O)=O. The summed E-state index contributed by atoms with van der Waals surface area (Å²) in [6.45, 7) is 1.12. The zero-order valence-corrected chi connectivity index (χ0v) is 20.5. The fourth-order valence-electron chi connectivity index (χ4n) is 2.89. The van der Waals surface area contributed by atoms with Gasteiger partial charge in [-0.3, -0.25) is 0 Å². The van der Waals surface area contributed by atoms with Crippen molar-refractivity contribution in [2.75, 3.05) is 25.0 Å². The summed E-state index contributed by atoms with van der Waals surface area (Å²) in [4.78, 5) is 0. The molecule has 1 aromatic carbocycles. The summed E-state index contributed by atoms with van der Waals surface area (Å²) in [6, 6.07) is 2.54. The van der Waals surface area contributed by atoms with Crippen molar-refractivity contribution >= 4 is 56.0 Å². The molecule has 0 saturated heterocycles. The van der Waals surface area contributed by atoms with E-state index < -0.39 is 52.2 Å². The Morgan fingerprint density at radius 2 is 1.14 bits per heavy atom. The molecule has 0 spiro atoms. The van der Waals surface area contributed by atoms with Crippen LogP contribution >= 0.6 is 15.9 Å². The van der Waals surface area contributed by atoms with Gasteiger partial charge in [0.05, 0.1) is 37.1 Å². The maximum atomic E-state index is 12.3. The third-order valence-electron chi connectivity index (χ3n) is 3.51. The Hall–Kier alpha value is -0.580. The van der Waals surface area contributed by atoms with E-state index in [9.17, 15) is 33.7 Å². The molecule has 0 aliphatic carbocycles. The van der Waals surface area contributed by atoms with E-state index in [1.54, 1.807) is 6.07 Å².